The van der Waals surface area contributed by atoms with E-state index in [4.69, 9.17) is 5.73 Å². The first-order valence-corrected chi connectivity index (χ1v) is 9.74. The van der Waals surface area contributed by atoms with E-state index in [2.05, 4.69) is 5.32 Å². The van der Waals surface area contributed by atoms with E-state index in [0.29, 0.717) is 0 Å². The Balaban J connectivity index is 2.28. The fraction of sp³-hybridized carbons (Fsp3) is 0.200. The number of hydrogen-bond acceptors (Lipinski definition) is 2. The summed E-state index contributed by atoms with van der Waals surface area (Å²) in [6.07, 6.45) is 0. The molecule has 0 aliphatic heterocycles. The highest BCUT2D eigenvalue weighted by Gasteiger charge is 2.45. The summed E-state index contributed by atoms with van der Waals surface area (Å²) in [6.45, 7) is 3.73. The van der Waals surface area contributed by atoms with E-state index in [1.165, 1.54) is 0 Å². The van der Waals surface area contributed by atoms with Crippen molar-refractivity contribution < 1.29 is 9.59 Å². The van der Waals surface area contributed by atoms with Gasteiger partial charge in [0.2, 0.25) is 11.8 Å². The monoisotopic (exact) mass is 386 g/mol. The summed E-state index contributed by atoms with van der Waals surface area (Å²) < 4.78 is 0. The highest BCUT2D eigenvalue weighted by molar-refractivity contribution is 5.98. The Hall–Kier alpha value is -3.40. The van der Waals surface area contributed by atoms with Crippen LogP contribution in [0.4, 0.5) is 0 Å². The fourth-order valence-corrected chi connectivity index (χ4v) is 3.77. The topological polar surface area (TPSA) is 72.2 Å². The third-order valence-corrected chi connectivity index (χ3v) is 5.22. The lowest BCUT2D eigenvalue weighted by molar-refractivity contribution is -0.130. The lowest BCUT2D eigenvalue weighted by Crippen LogP contribution is -2.55. The maximum absolute atomic E-state index is 14.0. The van der Waals surface area contributed by atoms with Gasteiger partial charge in [0, 0.05) is 0 Å². The molecule has 0 bridgehead atoms. The van der Waals surface area contributed by atoms with Crippen LogP contribution in [0.15, 0.2) is 91.0 Å². The first kappa shape index (κ1) is 20.3. The van der Waals surface area contributed by atoms with E-state index in [0.717, 1.165) is 16.7 Å². The minimum absolute atomic E-state index is 0.128. The molecule has 0 unspecified atom stereocenters. The Bertz CT molecular complexity index is 857. The van der Waals surface area contributed by atoms with Gasteiger partial charge < -0.3 is 11.1 Å². The lowest BCUT2D eigenvalue weighted by Gasteiger charge is -2.36. The van der Waals surface area contributed by atoms with Crippen LogP contribution in [0.3, 0.4) is 0 Å². The van der Waals surface area contributed by atoms with Crippen LogP contribution in [0.2, 0.25) is 0 Å². The van der Waals surface area contributed by atoms with Crippen LogP contribution in [0, 0.1) is 5.92 Å². The van der Waals surface area contributed by atoms with E-state index >= 15 is 0 Å². The summed E-state index contributed by atoms with van der Waals surface area (Å²) >= 11 is 0. The van der Waals surface area contributed by atoms with Crippen LogP contribution in [-0.4, -0.2) is 17.9 Å². The number of nitrogens with two attached hydrogens (primary N) is 1. The molecule has 0 aliphatic carbocycles. The number of carbonyl (C=O) groups excluding carboxylic acids is 2. The summed E-state index contributed by atoms with van der Waals surface area (Å²) in [5.41, 5.74) is 6.94. The van der Waals surface area contributed by atoms with Gasteiger partial charge in [-0.15, -0.1) is 0 Å². The highest BCUT2D eigenvalue weighted by atomic mass is 16.2. The predicted octanol–water partition coefficient (Wildman–Crippen LogP) is 3.65. The Morgan fingerprint density at radius 2 is 1.07 bits per heavy atom. The van der Waals surface area contributed by atoms with Crippen molar-refractivity contribution in [1.82, 2.24) is 5.32 Å². The second-order valence-electron chi connectivity index (χ2n) is 7.45. The molecule has 1 atom stereocenters. The van der Waals surface area contributed by atoms with Gasteiger partial charge in [-0.25, -0.2) is 0 Å². The van der Waals surface area contributed by atoms with Crippen molar-refractivity contribution in [3.63, 3.8) is 0 Å². The van der Waals surface area contributed by atoms with Crippen molar-refractivity contribution in [2.45, 2.75) is 25.3 Å². The zero-order valence-electron chi connectivity index (χ0n) is 16.7. The molecule has 0 heterocycles. The summed E-state index contributed by atoms with van der Waals surface area (Å²) in [5.74, 6) is -0.952. The number of primary amides is 1. The molecule has 3 N–H and O–H groups in total. The minimum atomic E-state index is -1.12. The zero-order valence-corrected chi connectivity index (χ0v) is 16.7. The van der Waals surface area contributed by atoms with E-state index < -0.39 is 17.4 Å². The summed E-state index contributed by atoms with van der Waals surface area (Å²) in [6, 6.07) is 28.1. The van der Waals surface area contributed by atoms with Gasteiger partial charge in [-0.05, 0) is 22.6 Å². The van der Waals surface area contributed by atoms with Crippen LogP contribution in [-0.2, 0) is 15.0 Å². The number of rotatable bonds is 7. The van der Waals surface area contributed by atoms with Crippen LogP contribution < -0.4 is 11.1 Å². The van der Waals surface area contributed by atoms with Crippen molar-refractivity contribution in [3.05, 3.63) is 108 Å². The van der Waals surface area contributed by atoms with E-state index in [-0.39, 0.29) is 11.8 Å². The molecular formula is C25H26N2O2. The molecule has 0 aromatic heterocycles. The molecule has 0 radical (unpaired) electrons. The van der Waals surface area contributed by atoms with Crippen molar-refractivity contribution in [1.29, 1.82) is 0 Å². The molecule has 4 nitrogen and oxygen atoms in total. The van der Waals surface area contributed by atoms with Crippen molar-refractivity contribution >= 4 is 11.8 Å². The fourth-order valence-electron chi connectivity index (χ4n) is 3.77. The van der Waals surface area contributed by atoms with Gasteiger partial charge in [-0.2, -0.15) is 0 Å². The van der Waals surface area contributed by atoms with Gasteiger partial charge in [-0.1, -0.05) is 105 Å². The van der Waals surface area contributed by atoms with E-state index in [1.54, 1.807) is 0 Å². The lowest BCUT2D eigenvalue weighted by atomic mass is 9.68. The Morgan fingerprint density at radius 3 is 1.34 bits per heavy atom. The third-order valence-electron chi connectivity index (χ3n) is 5.22. The van der Waals surface area contributed by atoms with E-state index in [9.17, 15) is 9.59 Å². The van der Waals surface area contributed by atoms with Crippen molar-refractivity contribution in [3.8, 4) is 0 Å². The largest absolute Gasteiger partial charge is 0.368 e. The summed E-state index contributed by atoms with van der Waals surface area (Å²) in [4.78, 5) is 26.0. The molecule has 29 heavy (non-hydrogen) atoms. The van der Waals surface area contributed by atoms with Crippen LogP contribution in [0.1, 0.15) is 30.5 Å². The first-order valence-electron chi connectivity index (χ1n) is 9.74. The van der Waals surface area contributed by atoms with Crippen LogP contribution in [0.5, 0.6) is 0 Å². The SMILES string of the molecule is CC(C)[C@H](NC(=O)C(c1ccccc1)(c1ccccc1)c1ccccc1)C(N)=O. The number of carbonyl (C=O) groups is 2. The average Bonchev–Trinajstić information content (AvgIpc) is 2.74. The van der Waals surface area contributed by atoms with Gasteiger partial charge in [0.25, 0.3) is 0 Å². The molecule has 0 spiro atoms. The molecule has 3 rings (SSSR count). The molecule has 0 saturated heterocycles. The van der Waals surface area contributed by atoms with Gasteiger partial charge >= 0.3 is 0 Å². The molecule has 3 aromatic carbocycles. The predicted molar refractivity (Wildman–Crippen MR) is 115 cm³/mol. The van der Waals surface area contributed by atoms with Gasteiger partial charge in [-0.3, -0.25) is 9.59 Å². The van der Waals surface area contributed by atoms with Crippen LogP contribution in [0.25, 0.3) is 0 Å². The van der Waals surface area contributed by atoms with E-state index in [1.807, 2.05) is 105 Å². The average molecular weight is 386 g/mol. The summed E-state index contributed by atoms with van der Waals surface area (Å²) in [5, 5.41) is 2.94. The number of amides is 2. The normalized spacial score (nSPS) is 12.4. The molecule has 0 aliphatic rings. The zero-order chi connectivity index (χ0) is 20.9. The molecule has 3 aromatic rings. The number of nitrogens with one attached hydrogen (secondary N) is 1. The Labute approximate surface area is 171 Å². The highest BCUT2D eigenvalue weighted by Crippen LogP contribution is 2.39. The standard InChI is InChI=1S/C25H26N2O2/c1-18(2)22(23(26)28)27-24(29)25(19-12-6-3-7-13-19,20-14-8-4-9-15-20)21-16-10-5-11-17-21/h3-18,22H,1-2H3,(H2,26,28)(H,27,29)/t22-/m0/s1. The Kier molecular flexibility index (Phi) is 6.13. The molecule has 2 amide bonds. The summed E-state index contributed by atoms with van der Waals surface area (Å²) in [7, 11) is 0. The third kappa shape index (κ3) is 3.92. The van der Waals surface area contributed by atoms with Gasteiger partial charge in [0.05, 0.1) is 0 Å². The maximum Gasteiger partial charge on any atom is 0.240 e. The first-order chi connectivity index (χ1) is 14.0. The quantitative estimate of drug-likeness (QED) is 0.609. The molecule has 148 valence electrons. The van der Waals surface area contributed by atoms with Gasteiger partial charge in [0.15, 0.2) is 0 Å². The minimum Gasteiger partial charge on any atom is -0.368 e. The maximum atomic E-state index is 14.0. The molecular weight excluding hydrogens is 360 g/mol. The van der Waals surface area contributed by atoms with Crippen LogP contribution >= 0.6 is 0 Å². The Morgan fingerprint density at radius 1 is 0.724 bits per heavy atom. The smallest absolute Gasteiger partial charge is 0.240 e. The molecule has 4 heteroatoms. The van der Waals surface area contributed by atoms with Crippen molar-refractivity contribution in [2.75, 3.05) is 0 Å². The number of hydrogen-bond donors (Lipinski definition) is 2. The number of benzene rings is 3. The second kappa shape index (κ2) is 8.74. The van der Waals surface area contributed by atoms with Crippen molar-refractivity contribution in [2.24, 2.45) is 11.7 Å². The molecule has 0 fully saturated rings. The van der Waals surface area contributed by atoms with Gasteiger partial charge in [0.1, 0.15) is 11.5 Å². The second-order valence-corrected chi connectivity index (χ2v) is 7.45. The molecule has 0 saturated carbocycles.